The predicted molar refractivity (Wildman–Crippen MR) is 129 cm³/mol. The topological polar surface area (TPSA) is 33.2 Å². The van der Waals surface area contributed by atoms with Crippen molar-refractivity contribution in [2.75, 3.05) is 6.54 Å². The number of benzene rings is 2. The van der Waals surface area contributed by atoms with Gasteiger partial charge in [0.05, 0.1) is 0 Å². The molecule has 34 heavy (non-hydrogen) atoms. The Kier molecular flexibility index (Phi) is 7.12. The van der Waals surface area contributed by atoms with Gasteiger partial charge in [-0.2, -0.15) is 13.2 Å². The number of nitrogens with zero attached hydrogens (tertiary/aromatic N) is 2. The molecule has 176 valence electrons. The van der Waals surface area contributed by atoms with E-state index in [1.807, 2.05) is 55.6 Å². The van der Waals surface area contributed by atoms with Crippen LogP contribution in [0.2, 0.25) is 0 Å². The van der Waals surface area contributed by atoms with Crippen LogP contribution in [0.3, 0.4) is 0 Å². The number of pyridine rings is 1. The number of hydrogen-bond donors (Lipinski definition) is 0. The lowest BCUT2D eigenvalue weighted by atomic mass is 9.93. The van der Waals surface area contributed by atoms with Crippen molar-refractivity contribution in [1.82, 2.24) is 9.88 Å². The minimum absolute atomic E-state index is 0.0114. The third-order valence-corrected chi connectivity index (χ3v) is 7.15. The van der Waals surface area contributed by atoms with Gasteiger partial charge < -0.3 is 4.90 Å². The number of halogens is 3. The summed E-state index contributed by atoms with van der Waals surface area (Å²) in [6.07, 6.45) is 1.44. The summed E-state index contributed by atoms with van der Waals surface area (Å²) in [5, 5.41) is 0. The second-order valence-electron chi connectivity index (χ2n) is 8.06. The summed E-state index contributed by atoms with van der Waals surface area (Å²) in [4.78, 5) is 19.3. The van der Waals surface area contributed by atoms with Gasteiger partial charge >= 0.3 is 12.1 Å². The van der Waals surface area contributed by atoms with Crippen LogP contribution >= 0.6 is 11.8 Å². The van der Waals surface area contributed by atoms with E-state index in [1.54, 1.807) is 24.9 Å². The molecule has 3 nitrogen and oxygen atoms in total. The van der Waals surface area contributed by atoms with Crippen molar-refractivity contribution in [3.63, 3.8) is 0 Å². The van der Waals surface area contributed by atoms with Crippen LogP contribution in [0.5, 0.6) is 0 Å². The smallest absolute Gasteiger partial charge is 0.332 e. The zero-order chi connectivity index (χ0) is 24.3. The molecule has 1 aliphatic heterocycles. The summed E-state index contributed by atoms with van der Waals surface area (Å²) in [5.41, 5.74) is 5.14. The number of aromatic nitrogens is 1. The van der Waals surface area contributed by atoms with Crippen molar-refractivity contribution < 1.29 is 18.0 Å². The van der Waals surface area contributed by atoms with E-state index in [0.717, 1.165) is 42.5 Å². The predicted octanol–water partition coefficient (Wildman–Crippen LogP) is 7.22. The summed E-state index contributed by atoms with van der Waals surface area (Å²) in [6, 6.07) is 17.6. The van der Waals surface area contributed by atoms with Crippen LogP contribution in [-0.4, -0.2) is 34.6 Å². The van der Waals surface area contributed by atoms with E-state index in [0.29, 0.717) is 12.8 Å². The first-order valence-corrected chi connectivity index (χ1v) is 12.0. The van der Waals surface area contributed by atoms with Gasteiger partial charge in [-0.05, 0) is 60.2 Å². The number of fused-ring (bicyclic) bond motifs is 2. The maximum absolute atomic E-state index is 13.1. The van der Waals surface area contributed by atoms with Gasteiger partial charge in [0.2, 0.25) is 0 Å². The van der Waals surface area contributed by atoms with Crippen molar-refractivity contribution in [3.05, 3.63) is 84.2 Å². The first-order chi connectivity index (χ1) is 16.3. The lowest BCUT2D eigenvalue weighted by molar-refractivity contribution is -0.187. The Labute approximate surface area is 201 Å². The Hall–Kier alpha value is -3.06. The maximum atomic E-state index is 13.1. The Bertz CT molecular complexity index is 1210. The molecule has 3 aromatic rings. The summed E-state index contributed by atoms with van der Waals surface area (Å²) in [7, 11) is 0. The first-order valence-electron chi connectivity index (χ1n) is 11.2. The van der Waals surface area contributed by atoms with Gasteiger partial charge in [0.1, 0.15) is 0 Å². The number of rotatable bonds is 6. The molecular weight excluding hydrogens is 457 g/mol. The fraction of sp³-hybridized carbons (Fsp3) is 0.259. The number of alkyl halides is 3. The molecule has 0 saturated carbocycles. The van der Waals surface area contributed by atoms with Gasteiger partial charge in [0.25, 0.3) is 0 Å². The van der Waals surface area contributed by atoms with Gasteiger partial charge in [-0.25, -0.2) is 0 Å². The Morgan fingerprint density at radius 1 is 1.03 bits per heavy atom. The highest BCUT2D eigenvalue weighted by atomic mass is 32.2. The monoisotopic (exact) mass is 482 g/mol. The van der Waals surface area contributed by atoms with Crippen molar-refractivity contribution in [2.45, 2.75) is 48.7 Å². The van der Waals surface area contributed by atoms with Crippen molar-refractivity contribution in [1.29, 1.82) is 0 Å². The van der Waals surface area contributed by atoms with Crippen LogP contribution in [0.15, 0.2) is 82.9 Å². The maximum Gasteiger partial charge on any atom is 0.471 e. The molecule has 0 aliphatic carbocycles. The summed E-state index contributed by atoms with van der Waals surface area (Å²) >= 11 is 1.68. The van der Waals surface area contributed by atoms with Crippen LogP contribution in [-0.2, 0) is 4.79 Å². The van der Waals surface area contributed by atoms with E-state index >= 15 is 0 Å². The van der Waals surface area contributed by atoms with E-state index in [-0.39, 0.29) is 6.54 Å². The summed E-state index contributed by atoms with van der Waals surface area (Å²) in [6.45, 7) is 3.41. The lowest BCUT2D eigenvalue weighted by Crippen LogP contribution is -2.46. The van der Waals surface area contributed by atoms with E-state index in [2.05, 4.69) is 23.2 Å². The molecule has 1 aromatic heterocycles. The van der Waals surface area contributed by atoms with Crippen LogP contribution < -0.4 is 0 Å². The average Bonchev–Trinajstić information content (AvgIpc) is 2.85. The molecular formula is C27H25F3N2OS. The van der Waals surface area contributed by atoms with Gasteiger partial charge in [0.15, 0.2) is 0 Å². The highest BCUT2D eigenvalue weighted by Crippen LogP contribution is 2.46. The van der Waals surface area contributed by atoms with Gasteiger partial charge in [0, 0.05) is 40.3 Å². The van der Waals surface area contributed by atoms with E-state index in [9.17, 15) is 18.0 Å². The normalized spacial score (nSPS) is 14.9. The van der Waals surface area contributed by atoms with Crippen LogP contribution in [0.1, 0.15) is 37.8 Å². The van der Waals surface area contributed by atoms with Gasteiger partial charge in [-0.15, -0.1) is 0 Å². The number of hydrogen-bond acceptors (Lipinski definition) is 3. The number of carbonyl (C=O) groups excluding carboxylic acids is 1. The van der Waals surface area contributed by atoms with Gasteiger partial charge in [-0.1, -0.05) is 61.2 Å². The quantitative estimate of drug-likeness (QED) is 0.291. The molecule has 0 N–H and O–H groups in total. The average molecular weight is 483 g/mol. The molecule has 7 heteroatoms. The fourth-order valence-electron chi connectivity index (χ4n) is 4.30. The molecule has 0 fully saturated rings. The van der Waals surface area contributed by atoms with Crippen LogP contribution in [0.4, 0.5) is 13.2 Å². The van der Waals surface area contributed by atoms with E-state index < -0.39 is 18.1 Å². The number of carbonyl (C=O) groups is 1. The second kappa shape index (κ2) is 10.1. The zero-order valence-corrected chi connectivity index (χ0v) is 19.8. The third-order valence-electron chi connectivity index (χ3n) is 6.01. The molecule has 0 radical (unpaired) electrons. The van der Waals surface area contributed by atoms with Crippen molar-refractivity contribution in [3.8, 4) is 11.1 Å². The molecule has 0 bridgehead atoms. The van der Waals surface area contributed by atoms with Crippen molar-refractivity contribution in [2.24, 2.45) is 0 Å². The first kappa shape index (κ1) is 24.1. The van der Waals surface area contributed by atoms with Crippen molar-refractivity contribution >= 4 is 23.2 Å². The Morgan fingerprint density at radius 2 is 1.79 bits per heavy atom. The summed E-state index contributed by atoms with van der Waals surface area (Å²) < 4.78 is 39.4. The molecule has 2 aromatic carbocycles. The van der Waals surface area contributed by atoms with E-state index in [4.69, 9.17) is 0 Å². The molecule has 1 unspecified atom stereocenters. The third kappa shape index (κ3) is 4.89. The number of amides is 1. The summed E-state index contributed by atoms with van der Waals surface area (Å²) in [5.74, 6) is -1.78. The molecule has 1 atom stereocenters. The Morgan fingerprint density at radius 3 is 2.47 bits per heavy atom. The molecule has 2 heterocycles. The minimum atomic E-state index is -4.88. The SMILES string of the molecule is CCC(C/C=C1/c2ccccc2Sc2cc(-c3cccnc3)ccc21)N(CC)C(=O)C(F)(F)F. The fourth-order valence-corrected chi connectivity index (χ4v) is 5.45. The molecule has 1 aliphatic rings. The second-order valence-corrected chi connectivity index (χ2v) is 9.14. The lowest BCUT2D eigenvalue weighted by Gasteiger charge is -2.31. The zero-order valence-electron chi connectivity index (χ0n) is 19.0. The highest BCUT2D eigenvalue weighted by molar-refractivity contribution is 7.99. The van der Waals surface area contributed by atoms with Crippen LogP contribution in [0.25, 0.3) is 16.7 Å². The molecule has 0 spiro atoms. The Balaban J connectivity index is 1.72. The standard InChI is InChI=1S/C27H25F3N2OS/c1-3-20(32(4-2)26(33)27(28,29)30)12-14-21-22-9-5-6-10-24(22)34-25-16-18(11-13-23(21)25)19-8-7-15-31-17-19/h5-11,13-17,20H,3-4,12H2,1-2H3/b21-14-. The molecule has 4 rings (SSSR count). The minimum Gasteiger partial charge on any atom is -0.332 e. The largest absolute Gasteiger partial charge is 0.471 e. The molecule has 0 saturated heterocycles. The molecule has 1 amide bonds. The van der Waals surface area contributed by atoms with Crippen LogP contribution in [0, 0.1) is 0 Å². The highest BCUT2D eigenvalue weighted by Gasteiger charge is 2.43. The van der Waals surface area contributed by atoms with Gasteiger partial charge in [-0.3, -0.25) is 9.78 Å². The van der Waals surface area contributed by atoms with E-state index in [1.165, 1.54) is 0 Å².